The number of piperazine rings is 1. The molecule has 0 unspecified atom stereocenters. The van der Waals surface area contributed by atoms with Crippen molar-refractivity contribution in [2.45, 2.75) is 18.9 Å². The highest BCUT2D eigenvalue weighted by atomic mass is 16.1. The number of H-pyrrole nitrogens is 2. The molecule has 6 rings (SSSR count). The lowest BCUT2D eigenvalue weighted by Crippen LogP contribution is -2.44. The van der Waals surface area contributed by atoms with Gasteiger partial charge in [0.05, 0.1) is 16.9 Å². The summed E-state index contributed by atoms with van der Waals surface area (Å²) in [4.78, 5) is 26.7. The normalized spacial score (nSPS) is 17.3. The van der Waals surface area contributed by atoms with Crippen molar-refractivity contribution in [1.29, 1.82) is 0 Å². The quantitative estimate of drug-likeness (QED) is 0.333. The molecule has 4 heterocycles. The molecule has 0 radical (unpaired) electrons. The van der Waals surface area contributed by atoms with Crippen LogP contribution in [0, 0.1) is 0 Å². The Morgan fingerprint density at radius 1 is 1.14 bits per heavy atom. The van der Waals surface area contributed by atoms with Gasteiger partial charge in [-0.3, -0.25) is 0 Å². The third-order valence-corrected chi connectivity index (χ3v) is 6.55. The third kappa shape index (κ3) is 4.52. The zero-order chi connectivity index (χ0) is 23.9. The molecule has 2 aliphatic rings. The zero-order valence-corrected chi connectivity index (χ0v) is 19.7. The van der Waals surface area contributed by atoms with Gasteiger partial charge in [0, 0.05) is 55.2 Å². The topological polar surface area (TPSA) is 109 Å². The highest BCUT2D eigenvalue weighted by Crippen LogP contribution is 2.29. The van der Waals surface area contributed by atoms with Crippen LogP contribution >= 0.6 is 0 Å². The Morgan fingerprint density at radius 3 is 2.71 bits per heavy atom. The minimum atomic E-state index is -0.288. The van der Waals surface area contributed by atoms with Gasteiger partial charge in [-0.15, -0.1) is 0 Å². The molecule has 1 aliphatic heterocycles. The Kier molecular flexibility index (Phi) is 5.29. The van der Waals surface area contributed by atoms with Gasteiger partial charge in [0.2, 0.25) is 0 Å². The van der Waals surface area contributed by atoms with Crippen molar-refractivity contribution in [1.82, 2.24) is 29.5 Å². The maximum atomic E-state index is 11.7. The van der Waals surface area contributed by atoms with E-state index < -0.39 is 0 Å². The first-order valence-electron chi connectivity index (χ1n) is 12.0. The van der Waals surface area contributed by atoms with Gasteiger partial charge in [-0.2, -0.15) is 9.61 Å². The summed E-state index contributed by atoms with van der Waals surface area (Å²) in [7, 11) is 2.16. The molecular formula is C25H29N9O. The number of aromatic amines is 2. The molecule has 4 N–H and O–H groups in total. The summed E-state index contributed by atoms with van der Waals surface area (Å²) in [6.45, 7) is 8.06. The number of rotatable bonds is 6. The van der Waals surface area contributed by atoms with Gasteiger partial charge < -0.3 is 30.4 Å². The summed E-state index contributed by atoms with van der Waals surface area (Å²) in [5, 5.41) is 12.8. The van der Waals surface area contributed by atoms with E-state index in [1.165, 1.54) is 5.69 Å². The zero-order valence-electron chi connectivity index (χ0n) is 19.7. The molecule has 0 atom stereocenters. The van der Waals surface area contributed by atoms with E-state index in [9.17, 15) is 4.79 Å². The van der Waals surface area contributed by atoms with E-state index in [-0.39, 0.29) is 5.69 Å². The van der Waals surface area contributed by atoms with Crippen LogP contribution in [0.25, 0.3) is 18.3 Å². The second kappa shape index (κ2) is 8.62. The predicted molar refractivity (Wildman–Crippen MR) is 139 cm³/mol. The lowest BCUT2D eigenvalue weighted by molar-refractivity contribution is 0.313. The highest BCUT2D eigenvalue weighted by Gasteiger charge is 2.23. The van der Waals surface area contributed by atoms with Crippen LogP contribution in [0.4, 0.5) is 23.0 Å². The molecule has 1 aromatic carbocycles. The molecule has 1 saturated heterocycles. The Hall–Kier alpha value is -4.05. The van der Waals surface area contributed by atoms with Crippen LogP contribution < -0.4 is 31.9 Å². The summed E-state index contributed by atoms with van der Waals surface area (Å²) in [5.41, 5.74) is 3.38. The largest absolute Gasteiger partial charge is 0.369 e. The first-order chi connectivity index (χ1) is 17.0. The first-order valence-corrected chi connectivity index (χ1v) is 12.0. The Labute approximate surface area is 202 Å². The number of nitrogens with one attached hydrogen (secondary N) is 4. The minimum absolute atomic E-state index is 0.288. The number of imidazole rings is 1. The van der Waals surface area contributed by atoms with Crippen molar-refractivity contribution in [2.24, 2.45) is 0 Å². The second-order valence-corrected chi connectivity index (χ2v) is 9.36. The smallest absolute Gasteiger partial charge is 0.323 e. The van der Waals surface area contributed by atoms with E-state index >= 15 is 0 Å². The number of likely N-dealkylation sites (N-methyl/N-ethyl adjacent to an activating group) is 1. The van der Waals surface area contributed by atoms with Crippen LogP contribution in [-0.4, -0.2) is 68.7 Å². The molecule has 0 amide bonds. The van der Waals surface area contributed by atoms with E-state index in [2.05, 4.69) is 73.4 Å². The van der Waals surface area contributed by atoms with Crippen LogP contribution in [0.15, 0.2) is 41.3 Å². The van der Waals surface area contributed by atoms with E-state index in [0.717, 1.165) is 61.9 Å². The number of fused-ring (bicyclic) bond motifs is 1. The first kappa shape index (κ1) is 21.5. The molecule has 10 heteroatoms. The monoisotopic (exact) mass is 471 g/mol. The van der Waals surface area contributed by atoms with Gasteiger partial charge in [0.15, 0.2) is 5.65 Å². The molecule has 180 valence electrons. The summed E-state index contributed by atoms with van der Waals surface area (Å²) >= 11 is 0. The Balaban J connectivity index is 1.36. The van der Waals surface area contributed by atoms with Gasteiger partial charge in [-0.1, -0.05) is 12.6 Å². The fourth-order valence-corrected chi connectivity index (χ4v) is 4.39. The van der Waals surface area contributed by atoms with Crippen molar-refractivity contribution in [3.8, 4) is 0 Å². The molecule has 10 nitrogen and oxygen atoms in total. The summed E-state index contributed by atoms with van der Waals surface area (Å²) in [5.74, 6) is 1.61. The van der Waals surface area contributed by atoms with Gasteiger partial charge in [0.1, 0.15) is 11.6 Å². The summed E-state index contributed by atoms with van der Waals surface area (Å²) in [6.07, 6.45) is 5.89. The van der Waals surface area contributed by atoms with Crippen molar-refractivity contribution >= 4 is 41.3 Å². The number of hydrogen-bond acceptors (Lipinski definition) is 7. The van der Waals surface area contributed by atoms with Crippen LogP contribution in [0.1, 0.15) is 18.4 Å². The fraction of sp³-hybridized carbons (Fsp3) is 0.320. The number of nitrogens with zero attached hydrogens (tertiary/aromatic N) is 5. The van der Waals surface area contributed by atoms with Gasteiger partial charge in [-0.25, -0.2) is 9.78 Å². The SMILES string of the molecule is C=c1[nH]c(=O)[nH]/c1=C\c1cnn2c(NC3CC3)cc(Nc3cccc(N4CCN(C)CC4)c3)nc12. The minimum Gasteiger partial charge on any atom is -0.369 e. The van der Waals surface area contributed by atoms with Crippen LogP contribution in [-0.2, 0) is 0 Å². The highest BCUT2D eigenvalue weighted by molar-refractivity contribution is 5.72. The Bertz CT molecular complexity index is 1540. The molecule has 35 heavy (non-hydrogen) atoms. The molecular weight excluding hydrogens is 442 g/mol. The molecule has 0 bridgehead atoms. The lowest BCUT2D eigenvalue weighted by Gasteiger charge is -2.34. The van der Waals surface area contributed by atoms with E-state index in [4.69, 9.17) is 4.98 Å². The van der Waals surface area contributed by atoms with Gasteiger partial charge >= 0.3 is 5.69 Å². The lowest BCUT2D eigenvalue weighted by atomic mass is 10.2. The standard InChI is InChI=1S/C25H29N9O/c1-16-21(30-25(35)27-16)12-17-15-26-34-23(29-18-6-7-18)14-22(31-24(17)34)28-19-4-3-5-20(13-19)33-10-8-32(2)9-11-33/h3-5,12-15,18,29H,1,6-11H2,2H3,(H,28,31)(H2,27,30,35)/b21-12-. The van der Waals surface area contributed by atoms with Crippen LogP contribution in [0.3, 0.4) is 0 Å². The predicted octanol–water partition coefficient (Wildman–Crippen LogP) is 1.05. The van der Waals surface area contributed by atoms with Gasteiger partial charge in [-0.05, 0) is 44.2 Å². The molecule has 1 saturated carbocycles. The van der Waals surface area contributed by atoms with E-state index in [1.807, 2.05) is 16.7 Å². The van der Waals surface area contributed by atoms with Crippen molar-refractivity contribution < 1.29 is 0 Å². The van der Waals surface area contributed by atoms with Gasteiger partial charge in [0.25, 0.3) is 0 Å². The molecule has 3 aromatic heterocycles. The number of anilines is 4. The van der Waals surface area contributed by atoms with Crippen molar-refractivity contribution in [3.63, 3.8) is 0 Å². The average Bonchev–Trinajstić information content (AvgIpc) is 3.48. The van der Waals surface area contributed by atoms with Crippen LogP contribution in [0.5, 0.6) is 0 Å². The third-order valence-electron chi connectivity index (χ3n) is 6.55. The number of hydrogen-bond donors (Lipinski definition) is 4. The molecule has 0 spiro atoms. The maximum Gasteiger partial charge on any atom is 0.323 e. The van der Waals surface area contributed by atoms with E-state index in [0.29, 0.717) is 22.4 Å². The van der Waals surface area contributed by atoms with Crippen molar-refractivity contribution in [2.75, 3.05) is 48.8 Å². The van der Waals surface area contributed by atoms with Crippen LogP contribution in [0.2, 0.25) is 0 Å². The summed E-state index contributed by atoms with van der Waals surface area (Å²) < 4.78 is 1.81. The number of benzene rings is 1. The molecule has 1 aliphatic carbocycles. The molecule has 2 fully saturated rings. The Morgan fingerprint density at radius 2 is 1.97 bits per heavy atom. The fourth-order valence-electron chi connectivity index (χ4n) is 4.39. The average molecular weight is 472 g/mol. The summed E-state index contributed by atoms with van der Waals surface area (Å²) in [6, 6.07) is 10.9. The second-order valence-electron chi connectivity index (χ2n) is 9.36. The molecule has 4 aromatic rings. The number of aromatic nitrogens is 5. The van der Waals surface area contributed by atoms with Crippen molar-refractivity contribution in [3.05, 3.63) is 63.3 Å². The van der Waals surface area contributed by atoms with E-state index in [1.54, 1.807) is 6.20 Å². The maximum absolute atomic E-state index is 11.7.